The number of rotatable bonds is 5. The topological polar surface area (TPSA) is 29.5 Å². The quantitative estimate of drug-likeness (QED) is 0.715. The molecule has 22 heavy (non-hydrogen) atoms. The molecule has 1 aromatic carbocycles. The van der Waals surface area contributed by atoms with Gasteiger partial charge in [0.2, 0.25) is 5.91 Å². The van der Waals surface area contributed by atoms with Crippen molar-refractivity contribution in [3.05, 3.63) is 56.2 Å². The van der Waals surface area contributed by atoms with Crippen molar-refractivity contribution in [1.29, 1.82) is 0 Å². The van der Waals surface area contributed by atoms with Crippen molar-refractivity contribution in [2.75, 3.05) is 14.2 Å². The summed E-state index contributed by atoms with van der Waals surface area (Å²) in [7, 11) is 3.43. The minimum absolute atomic E-state index is 0.0342. The molecule has 0 bridgehead atoms. The molecule has 5 heteroatoms. The van der Waals surface area contributed by atoms with E-state index >= 15 is 0 Å². The van der Waals surface area contributed by atoms with Crippen LogP contribution in [-0.2, 0) is 11.3 Å². The van der Waals surface area contributed by atoms with E-state index in [-0.39, 0.29) is 5.91 Å². The molecular weight excluding hydrogens is 362 g/mol. The Hall–Kier alpha value is -1.59. The van der Waals surface area contributed by atoms with Crippen molar-refractivity contribution in [3.8, 4) is 5.75 Å². The van der Waals surface area contributed by atoms with Crippen molar-refractivity contribution in [1.82, 2.24) is 4.90 Å². The molecule has 0 aliphatic heterocycles. The second kappa shape index (κ2) is 7.61. The van der Waals surface area contributed by atoms with Gasteiger partial charge in [0.1, 0.15) is 5.75 Å². The van der Waals surface area contributed by atoms with Crippen molar-refractivity contribution in [2.24, 2.45) is 0 Å². The number of likely N-dealkylation sites (N-methyl/N-ethyl adjacent to an activating group) is 1. The fourth-order valence-corrected chi connectivity index (χ4v) is 3.52. The first-order valence-corrected chi connectivity index (χ1v) is 8.47. The third-order valence-electron chi connectivity index (χ3n) is 3.18. The van der Waals surface area contributed by atoms with Gasteiger partial charge in [-0.15, -0.1) is 11.3 Å². The van der Waals surface area contributed by atoms with Gasteiger partial charge < -0.3 is 9.64 Å². The van der Waals surface area contributed by atoms with Gasteiger partial charge in [-0.25, -0.2) is 0 Å². The van der Waals surface area contributed by atoms with Crippen LogP contribution in [0, 0.1) is 6.92 Å². The molecule has 0 unspecified atom stereocenters. The van der Waals surface area contributed by atoms with E-state index in [9.17, 15) is 4.79 Å². The Morgan fingerprint density at radius 3 is 2.82 bits per heavy atom. The Bertz CT molecular complexity index is 694. The first-order valence-electron chi connectivity index (χ1n) is 6.80. The van der Waals surface area contributed by atoms with Crippen LogP contribution in [0.3, 0.4) is 0 Å². The minimum Gasteiger partial charge on any atom is -0.496 e. The van der Waals surface area contributed by atoms with Crippen LogP contribution in [0.25, 0.3) is 6.08 Å². The van der Waals surface area contributed by atoms with Crippen LogP contribution >= 0.6 is 27.3 Å². The SMILES string of the molecule is COc1ccc(C)cc1C=CC(=O)N(C)Cc1cc(Br)cs1. The fraction of sp³-hybridized carbons (Fsp3) is 0.235. The Balaban J connectivity index is 2.06. The van der Waals surface area contributed by atoms with Crippen LogP contribution in [0.2, 0.25) is 0 Å². The number of carbonyl (C=O) groups is 1. The molecule has 3 nitrogen and oxygen atoms in total. The summed E-state index contributed by atoms with van der Waals surface area (Å²) in [6.07, 6.45) is 3.38. The van der Waals surface area contributed by atoms with E-state index in [1.54, 1.807) is 42.5 Å². The summed E-state index contributed by atoms with van der Waals surface area (Å²) >= 11 is 5.06. The molecule has 1 amide bonds. The molecule has 0 fully saturated rings. The summed E-state index contributed by atoms with van der Waals surface area (Å²) in [5, 5.41) is 2.01. The Kier molecular flexibility index (Phi) is 5.80. The lowest BCUT2D eigenvalue weighted by atomic mass is 10.1. The Morgan fingerprint density at radius 1 is 1.41 bits per heavy atom. The molecule has 0 spiro atoms. The smallest absolute Gasteiger partial charge is 0.246 e. The first-order chi connectivity index (χ1) is 10.5. The molecule has 2 rings (SSSR count). The minimum atomic E-state index is -0.0342. The van der Waals surface area contributed by atoms with E-state index in [0.29, 0.717) is 6.54 Å². The molecule has 0 aliphatic carbocycles. The molecular formula is C17H18BrNO2S. The number of hydrogen-bond donors (Lipinski definition) is 0. The predicted octanol–water partition coefficient (Wildman–Crippen LogP) is 4.50. The molecule has 116 valence electrons. The molecule has 2 aromatic rings. The van der Waals surface area contributed by atoms with Gasteiger partial charge >= 0.3 is 0 Å². The number of halogens is 1. The normalized spacial score (nSPS) is 10.9. The van der Waals surface area contributed by atoms with Gasteiger partial charge in [0.05, 0.1) is 13.7 Å². The van der Waals surface area contributed by atoms with E-state index < -0.39 is 0 Å². The maximum atomic E-state index is 12.2. The summed E-state index contributed by atoms with van der Waals surface area (Å²) < 4.78 is 6.36. The highest BCUT2D eigenvalue weighted by Gasteiger charge is 2.08. The lowest BCUT2D eigenvalue weighted by Crippen LogP contribution is -2.23. The van der Waals surface area contributed by atoms with Crippen molar-refractivity contribution in [2.45, 2.75) is 13.5 Å². The highest BCUT2D eigenvalue weighted by molar-refractivity contribution is 9.10. The second-order valence-electron chi connectivity index (χ2n) is 5.00. The molecule has 1 heterocycles. The van der Waals surface area contributed by atoms with Crippen LogP contribution in [0.4, 0.5) is 0 Å². The van der Waals surface area contributed by atoms with Gasteiger partial charge in [0.15, 0.2) is 0 Å². The number of methoxy groups -OCH3 is 1. The van der Waals surface area contributed by atoms with Crippen molar-refractivity contribution in [3.63, 3.8) is 0 Å². The highest BCUT2D eigenvalue weighted by atomic mass is 79.9. The summed E-state index contributed by atoms with van der Waals surface area (Å²) in [4.78, 5) is 15.0. The predicted molar refractivity (Wildman–Crippen MR) is 95.3 cm³/mol. The molecule has 0 N–H and O–H groups in total. The number of carbonyl (C=O) groups excluding carboxylic acids is 1. The van der Waals surface area contributed by atoms with Crippen LogP contribution in [0.1, 0.15) is 16.0 Å². The highest BCUT2D eigenvalue weighted by Crippen LogP contribution is 2.22. The average molecular weight is 380 g/mol. The number of benzene rings is 1. The number of aryl methyl sites for hydroxylation is 1. The van der Waals surface area contributed by atoms with Crippen molar-refractivity contribution < 1.29 is 9.53 Å². The Morgan fingerprint density at radius 2 is 2.18 bits per heavy atom. The average Bonchev–Trinajstić information content (AvgIpc) is 2.90. The zero-order valence-corrected chi connectivity index (χ0v) is 15.2. The van der Waals surface area contributed by atoms with Crippen LogP contribution in [-0.4, -0.2) is 25.0 Å². The summed E-state index contributed by atoms with van der Waals surface area (Å²) in [6, 6.07) is 7.92. The number of nitrogens with zero attached hydrogens (tertiary/aromatic N) is 1. The first kappa shape index (κ1) is 16.8. The second-order valence-corrected chi connectivity index (χ2v) is 6.92. The van der Waals surface area contributed by atoms with E-state index in [0.717, 1.165) is 26.2 Å². The number of amides is 1. The van der Waals surface area contributed by atoms with E-state index in [2.05, 4.69) is 15.9 Å². The van der Waals surface area contributed by atoms with Gasteiger partial charge in [-0.05, 0) is 47.1 Å². The van der Waals surface area contributed by atoms with Gasteiger partial charge in [-0.2, -0.15) is 0 Å². The maximum absolute atomic E-state index is 12.2. The zero-order chi connectivity index (χ0) is 16.1. The third kappa shape index (κ3) is 4.45. The summed E-state index contributed by atoms with van der Waals surface area (Å²) in [6.45, 7) is 2.61. The maximum Gasteiger partial charge on any atom is 0.246 e. The van der Waals surface area contributed by atoms with Crippen molar-refractivity contribution >= 4 is 39.2 Å². The van der Waals surface area contributed by atoms with E-state index in [4.69, 9.17) is 4.74 Å². The summed E-state index contributed by atoms with van der Waals surface area (Å²) in [5.41, 5.74) is 2.04. The van der Waals surface area contributed by atoms with Gasteiger partial charge in [0.25, 0.3) is 0 Å². The number of thiophene rings is 1. The molecule has 0 radical (unpaired) electrons. The van der Waals surface area contributed by atoms with Crippen LogP contribution in [0.5, 0.6) is 5.75 Å². The van der Waals surface area contributed by atoms with Crippen LogP contribution in [0.15, 0.2) is 40.2 Å². The Labute approximate surface area is 143 Å². The fourth-order valence-electron chi connectivity index (χ4n) is 2.02. The molecule has 0 saturated carbocycles. The molecule has 1 aromatic heterocycles. The lowest BCUT2D eigenvalue weighted by Gasteiger charge is -2.13. The molecule has 0 aliphatic rings. The standard InChI is InChI=1S/C17H18BrNO2S/c1-12-4-6-16(21-3)13(8-12)5-7-17(20)19(2)10-15-9-14(18)11-22-15/h4-9,11H,10H2,1-3H3. The summed E-state index contributed by atoms with van der Waals surface area (Å²) in [5.74, 6) is 0.729. The van der Waals surface area contributed by atoms with Gasteiger partial charge in [-0.3, -0.25) is 4.79 Å². The van der Waals surface area contributed by atoms with E-state index in [1.807, 2.05) is 36.6 Å². The lowest BCUT2D eigenvalue weighted by molar-refractivity contribution is -0.125. The van der Waals surface area contributed by atoms with Gasteiger partial charge in [0, 0.05) is 33.4 Å². The number of hydrogen-bond acceptors (Lipinski definition) is 3. The van der Waals surface area contributed by atoms with E-state index in [1.165, 1.54) is 0 Å². The van der Waals surface area contributed by atoms with Gasteiger partial charge in [-0.1, -0.05) is 11.6 Å². The van der Waals surface area contributed by atoms with Crippen LogP contribution < -0.4 is 4.74 Å². The monoisotopic (exact) mass is 379 g/mol. The third-order valence-corrected chi connectivity index (χ3v) is 4.86. The molecule has 0 saturated heterocycles. The largest absolute Gasteiger partial charge is 0.496 e. The number of ether oxygens (including phenoxy) is 1. The molecule has 0 atom stereocenters. The zero-order valence-electron chi connectivity index (χ0n) is 12.8.